The van der Waals surface area contributed by atoms with Gasteiger partial charge in [-0.25, -0.2) is 0 Å². The van der Waals surface area contributed by atoms with E-state index in [1.807, 2.05) is 67.7 Å². The van der Waals surface area contributed by atoms with Crippen LogP contribution in [0.15, 0.2) is 60.7 Å². The minimum absolute atomic E-state index is 0.0408. The molecule has 3 amide bonds. The van der Waals surface area contributed by atoms with Crippen LogP contribution in [0.5, 0.6) is 0 Å². The summed E-state index contributed by atoms with van der Waals surface area (Å²) in [6.45, 7) is 2.36. The minimum atomic E-state index is -1.55. The number of carbonyl (C=O) groups excluding carboxylic acids is 3. The number of likely N-dealkylation sites (N-methyl/N-ethyl adjacent to an activating group) is 1. The van der Waals surface area contributed by atoms with E-state index in [-0.39, 0.29) is 37.5 Å². The smallest absolute Gasteiger partial charge is 0.247 e. The fraction of sp³-hybridized carbons (Fsp3) is 0.483. The Bertz CT molecular complexity index is 1130. The van der Waals surface area contributed by atoms with Crippen molar-refractivity contribution in [2.75, 3.05) is 39.9 Å². The Kier molecular flexibility index (Phi) is 8.50. The minimum Gasteiger partial charge on any atom is -0.394 e. The van der Waals surface area contributed by atoms with Crippen molar-refractivity contribution in [1.82, 2.24) is 15.1 Å². The molecule has 2 aromatic carbocycles. The highest BCUT2D eigenvalue weighted by molar-refractivity contribution is 5.93. The first kappa shape index (κ1) is 27.8. The van der Waals surface area contributed by atoms with Crippen molar-refractivity contribution in [3.8, 4) is 0 Å². The third-order valence-corrected chi connectivity index (χ3v) is 7.78. The van der Waals surface area contributed by atoms with E-state index in [0.29, 0.717) is 25.9 Å². The maximum absolute atomic E-state index is 13.9. The molecular weight excluding hydrogens is 484 g/mol. The van der Waals surface area contributed by atoms with E-state index < -0.39 is 29.5 Å². The number of likely N-dealkylation sites (tertiary alicyclic amines) is 2. The topological polar surface area (TPSA) is 125 Å². The Morgan fingerprint density at radius 1 is 1.18 bits per heavy atom. The van der Waals surface area contributed by atoms with Crippen LogP contribution in [0.4, 0.5) is 0 Å². The van der Waals surface area contributed by atoms with Crippen molar-refractivity contribution in [3.05, 3.63) is 71.8 Å². The van der Waals surface area contributed by atoms with Gasteiger partial charge in [-0.05, 0) is 30.9 Å². The Morgan fingerprint density at radius 2 is 1.84 bits per heavy atom. The summed E-state index contributed by atoms with van der Waals surface area (Å²) in [4.78, 5) is 43.7. The van der Waals surface area contributed by atoms with Gasteiger partial charge in [-0.15, -0.1) is 0 Å². The molecular formula is C29H38N4O5. The molecule has 0 aliphatic carbocycles. The predicted octanol–water partition coefficient (Wildman–Crippen LogP) is 1.26. The number of nitrogens with zero attached hydrogens (tertiary/aromatic N) is 2. The molecule has 3 unspecified atom stereocenters. The molecule has 2 aromatic rings. The quantitative estimate of drug-likeness (QED) is 0.455. The molecule has 0 aromatic heterocycles. The lowest BCUT2D eigenvalue weighted by Crippen LogP contribution is -2.62. The molecule has 9 heteroatoms. The van der Waals surface area contributed by atoms with Gasteiger partial charge in [0.1, 0.15) is 11.6 Å². The molecule has 2 fully saturated rings. The highest BCUT2D eigenvalue weighted by Gasteiger charge is 2.55. The summed E-state index contributed by atoms with van der Waals surface area (Å²) in [7, 11) is 1.81. The molecule has 2 heterocycles. The average molecular weight is 523 g/mol. The number of rotatable bonds is 9. The number of amides is 3. The lowest BCUT2D eigenvalue weighted by atomic mass is 9.69. The Hall–Kier alpha value is -3.27. The van der Waals surface area contributed by atoms with Crippen LogP contribution in [0.2, 0.25) is 0 Å². The predicted molar refractivity (Wildman–Crippen MR) is 143 cm³/mol. The van der Waals surface area contributed by atoms with Crippen molar-refractivity contribution in [2.45, 2.75) is 43.9 Å². The van der Waals surface area contributed by atoms with Gasteiger partial charge in [0.05, 0.1) is 25.2 Å². The van der Waals surface area contributed by atoms with E-state index in [0.717, 1.165) is 11.1 Å². The molecule has 9 nitrogen and oxygen atoms in total. The largest absolute Gasteiger partial charge is 0.394 e. The number of aliphatic hydroxyl groups excluding tert-OH is 1. The number of nitrogens with two attached hydrogens (primary N) is 1. The van der Waals surface area contributed by atoms with Crippen LogP contribution in [0, 0.1) is 5.41 Å². The second kappa shape index (κ2) is 11.6. The van der Waals surface area contributed by atoms with Crippen LogP contribution in [0.25, 0.3) is 0 Å². The van der Waals surface area contributed by atoms with E-state index >= 15 is 0 Å². The Balaban J connectivity index is 1.55. The van der Waals surface area contributed by atoms with Gasteiger partial charge in [-0.2, -0.15) is 0 Å². The van der Waals surface area contributed by atoms with Crippen molar-refractivity contribution < 1.29 is 24.2 Å². The van der Waals surface area contributed by atoms with Gasteiger partial charge < -0.3 is 30.7 Å². The van der Waals surface area contributed by atoms with E-state index in [9.17, 15) is 19.5 Å². The van der Waals surface area contributed by atoms with Gasteiger partial charge in [0.2, 0.25) is 17.7 Å². The normalized spacial score (nSPS) is 23.8. The monoisotopic (exact) mass is 522 g/mol. The summed E-state index contributed by atoms with van der Waals surface area (Å²) in [5.41, 5.74) is 5.68. The first-order valence-corrected chi connectivity index (χ1v) is 13.1. The SMILES string of the molecule is CN1CC(c2ccccc2)C2(CCCN(C(=O)[C@@H](COCc3ccccc3)NC(=O)C(C)(N)CO)C2)C1=O. The summed E-state index contributed by atoms with van der Waals surface area (Å²) >= 11 is 0. The molecule has 1 spiro atoms. The number of carbonyl (C=O) groups is 3. The fourth-order valence-corrected chi connectivity index (χ4v) is 5.56. The molecule has 0 radical (unpaired) electrons. The van der Waals surface area contributed by atoms with Crippen molar-refractivity contribution >= 4 is 17.7 Å². The number of ether oxygens (including phenoxy) is 1. The van der Waals surface area contributed by atoms with E-state index in [1.165, 1.54) is 6.92 Å². The average Bonchev–Trinajstić information content (AvgIpc) is 3.17. The van der Waals surface area contributed by atoms with Crippen molar-refractivity contribution in [2.24, 2.45) is 11.1 Å². The lowest BCUT2D eigenvalue weighted by Gasteiger charge is -2.43. The molecule has 2 aliphatic rings. The van der Waals surface area contributed by atoms with Crippen molar-refractivity contribution in [1.29, 1.82) is 0 Å². The van der Waals surface area contributed by atoms with E-state index in [4.69, 9.17) is 10.5 Å². The molecule has 0 bridgehead atoms. The van der Waals surface area contributed by atoms with Crippen LogP contribution >= 0.6 is 0 Å². The zero-order valence-corrected chi connectivity index (χ0v) is 22.1. The van der Waals surface area contributed by atoms with Crippen LogP contribution in [0.1, 0.15) is 36.8 Å². The van der Waals surface area contributed by atoms with Gasteiger partial charge in [0, 0.05) is 32.6 Å². The maximum Gasteiger partial charge on any atom is 0.247 e. The summed E-state index contributed by atoms with van der Waals surface area (Å²) in [5.74, 6) is -0.971. The number of piperidine rings is 1. The van der Waals surface area contributed by atoms with Crippen LogP contribution < -0.4 is 11.1 Å². The molecule has 4 rings (SSSR count). The number of benzene rings is 2. The number of aliphatic hydroxyl groups is 1. The molecule has 4 atom stereocenters. The van der Waals surface area contributed by atoms with Gasteiger partial charge in [-0.1, -0.05) is 60.7 Å². The number of hydrogen-bond donors (Lipinski definition) is 3. The fourth-order valence-electron chi connectivity index (χ4n) is 5.56. The Labute approximate surface area is 223 Å². The van der Waals surface area contributed by atoms with E-state index in [2.05, 4.69) is 5.32 Å². The first-order chi connectivity index (χ1) is 18.2. The zero-order valence-electron chi connectivity index (χ0n) is 22.1. The molecule has 204 valence electrons. The van der Waals surface area contributed by atoms with Gasteiger partial charge in [0.25, 0.3) is 0 Å². The maximum atomic E-state index is 13.9. The molecule has 2 aliphatic heterocycles. The zero-order chi connectivity index (χ0) is 27.3. The van der Waals surface area contributed by atoms with Crippen LogP contribution in [-0.4, -0.2) is 84.1 Å². The van der Waals surface area contributed by atoms with Crippen molar-refractivity contribution in [3.63, 3.8) is 0 Å². The van der Waals surface area contributed by atoms with Gasteiger partial charge in [0.15, 0.2) is 0 Å². The van der Waals surface area contributed by atoms with Crippen LogP contribution in [0.3, 0.4) is 0 Å². The standard InChI is InChI=1S/C29H38N4O5/c1-28(30,20-34)26(36)31-24(18-38-17-21-10-5-3-6-11-21)25(35)33-15-9-14-29(19-33)23(16-32(2)27(29)37)22-12-7-4-8-13-22/h3-8,10-13,23-24,34H,9,14-20,30H2,1-2H3,(H,31,36)/t23?,24-,28?,29?/m1/s1. The molecule has 2 saturated heterocycles. The third kappa shape index (κ3) is 5.75. The van der Waals surface area contributed by atoms with Gasteiger partial charge >= 0.3 is 0 Å². The van der Waals surface area contributed by atoms with Gasteiger partial charge in [-0.3, -0.25) is 14.4 Å². The molecule has 0 saturated carbocycles. The molecule has 38 heavy (non-hydrogen) atoms. The second-order valence-corrected chi connectivity index (χ2v) is 10.8. The summed E-state index contributed by atoms with van der Waals surface area (Å²) in [6, 6.07) is 18.5. The summed E-state index contributed by atoms with van der Waals surface area (Å²) < 4.78 is 5.85. The number of hydrogen-bond acceptors (Lipinski definition) is 6. The summed E-state index contributed by atoms with van der Waals surface area (Å²) in [6.07, 6.45) is 1.36. The highest BCUT2D eigenvalue weighted by atomic mass is 16.5. The first-order valence-electron chi connectivity index (χ1n) is 13.1. The lowest BCUT2D eigenvalue weighted by molar-refractivity contribution is -0.147. The summed E-state index contributed by atoms with van der Waals surface area (Å²) in [5, 5.41) is 12.3. The highest BCUT2D eigenvalue weighted by Crippen LogP contribution is 2.49. The third-order valence-electron chi connectivity index (χ3n) is 7.78. The van der Waals surface area contributed by atoms with Crippen LogP contribution in [-0.2, 0) is 25.7 Å². The molecule has 4 N–H and O–H groups in total. The Morgan fingerprint density at radius 3 is 2.50 bits per heavy atom. The number of nitrogens with one attached hydrogen (secondary N) is 1. The van der Waals surface area contributed by atoms with E-state index in [1.54, 1.807) is 9.80 Å². The second-order valence-electron chi connectivity index (χ2n) is 10.8.